The smallest absolute Gasteiger partial charge is 0.419 e. The van der Waals surface area contributed by atoms with Crippen molar-refractivity contribution in [3.8, 4) is 5.75 Å². The minimum atomic E-state index is -4.59. The van der Waals surface area contributed by atoms with Crippen LogP contribution in [0.4, 0.5) is 17.6 Å². The van der Waals surface area contributed by atoms with Crippen LogP contribution in [-0.4, -0.2) is 11.6 Å². The van der Waals surface area contributed by atoms with Crippen LogP contribution in [0.2, 0.25) is 0 Å². The lowest BCUT2D eigenvalue weighted by atomic mass is 10.1. The highest BCUT2D eigenvalue weighted by Crippen LogP contribution is 2.30. The molecule has 0 saturated heterocycles. The summed E-state index contributed by atoms with van der Waals surface area (Å²) in [6.45, 7) is 0.708. The highest BCUT2D eigenvalue weighted by molar-refractivity contribution is 5.30. The summed E-state index contributed by atoms with van der Waals surface area (Å²) in [5.74, 6) is -0.397. The van der Waals surface area contributed by atoms with E-state index in [1.54, 1.807) is 6.20 Å². The van der Waals surface area contributed by atoms with Gasteiger partial charge in [0.15, 0.2) is 0 Å². The Hall–Kier alpha value is -2.15. The number of rotatable bonds is 0. The Morgan fingerprint density at radius 3 is 2.45 bits per heavy atom. The number of nitrogens with zero attached hydrogens (tertiary/aromatic N) is 1. The van der Waals surface area contributed by atoms with Gasteiger partial charge in [-0.05, 0) is 24.3 Å². The molecule has 2 heterocycles. The zero-order valence-electron chi connectivity index (χ0n) is 11.5. The minimum absolute atomic E-state index is 0.0555. The Morgan fingerprint density at radius 2 is 1.86 bits per heavy atom. The van der Waals surface area contributed by atoms with Gasteiger partial charge in [-0.2, -0.15) is 13.2 Å². The summed E-state index contributed by atoms with van der Waals surface area (Å²) in [6.07, 6.45) is -1.98. The molecule has 1 atom stereocenters. The Labute approximate surface area is 124 Å². The first-order valence-electron chi connectivity index (χ1n) is 6.54. The third-order valence-corrected chi connectivity index (χ3v) is 3.02. The monoisotopic (exact) mass is 314 g/mol. The number of halogens is 4. The zero-order valence-corrected chi connectivity index (χ0v) is 11.5. The van der Waals surface area contributed by atoms with Gasteiger partial charge >= 0.3 is 6.18 Å². The lowest BCUT2D eigenvalue weighted by Crippen LogP contribution is -2.21. The van der Waals surface area contributed by atoms with E-state index in [0.717, 1.165) is 30.0 Å². The standard InChI is InChI=1S/C8H10N2O.C7H4F4/c9-6-3-5-11-7-2-1-4-10-8(6)7;8-6-4-2-1-3-5(6)7(9,10)11/h1-2,4,6H,3,5,9H2;1-4H/t6-;/m1./s1. The molecule has 3 nitrogen and oxygen atoms in total. The molecule has 0 fully saturated rings. The number of hydrogen-bond donors (Lipinski definition) is 1. The molecule has 1 aliphatic rings. The molecule has 0 aliphatic carbocycles. The van der Waals surface area contributed by atoms with E-state index in [2.05, 4.69) is 4.98 Å². The molecular formula is C15H14F4N2O. The van der Waals surface area contributed by atoms with E-state index in [-0.39, 0.29) is 6.04 Å². The second-order valence-electron chi connectivity index (χ2n) is 4.61. The fourth-order valence-electron chi connectivity index (χ4n) is 1.93. The molecule has 22 heavy (non-hydrogen) atoms. The van der Waals surface area contributed by atoms with Gasteiger partial charge in [-0.15, -0.1) is 0 Å². The SMILES string of the molecule is Fc1ccccc1C(F)(F)F.N[C@@H]1CCOc2cccnc21. The highest BCUT2D eigenvalue weighted by atomic mass is 19.4. The van der Waals surface area contributed by atoms with Crippen LogP contribution >= 0.6 is 0 Å². The Balaban J connectivity index is 0.000000160. The Morgan fingerprint density at radius 1 is 1.14 bits per heavy atom. The van der Waals surface area contributed by atoms with Crippen molar-refractivity contribution in [1.82, 2.24) is 4.98 Å². The van der Waals surface area contributed by atoms with Gasteiger partial charge in [-0.1, -0.05) is 12.1 Å². The van der Waals surface area contributed by atoms with Gasteiger partial charge in [0, 0.05) is 12.6 Å². The average Bonchev–Trinajstić information content (AvgIpc) is 2.48. The van der Waals surface area contributed by atoms with Crippen LogP contribution in [0.3, 0.4) is 0 Å². The normalized spacial score (nSPS) is 16.9. The number of nitrogens with two attached hydrogens (primary N) is 1. The number of alkyl halides is 3. The summed E-state index contributed by atoms with van der Waals surface area (Å²) in [4.78, 5) is 4.15. The number of benzene rings is 1. The van der Waals surface area contributed by atoms with Gasteiger partial charge in [0.25, 0.3) is 0 Å². The van der Waals surface area contributed by atoms with Crippen LogP contribution in [0.1, 0.15) is 23.7 Å². The summed E-state index contributed by atoms with van der Waals surface area (Å²) < 4.78 is 53.1. The molecule has 118 valence electrons. The van der Waals surface area contributed by atoms with Gasteiger partial charge in [0.05, 0.1) is 23.9 Å². The summed E-state index contributed by atoms with van der Waals surface area (Å²) in [5, 5.41) is 0. The van der Waals surface area contributed by atoms with Crippen molar-refractivity contribution < 1.29 is 22.3 Å². The zero-order chi connectivity index (χ0) is 16.2. The van der Waals surface area contributed by atoms with E-state index >= 15 is 0 Å². The molecule has 0 radical (unpaired) electrons. The highest BCUT2D eigenvalue weighted by Gasteiger charge is 2.33. The first-order chi connectivity index (χ1) is 10.4. The summed E-state index contributed by atoms with van der Waals surface area (Å²) in [6, 6.07) is 7.66. The summed E-state index contributed by atoms with van der Waals surface area (Å²) in [5.41, 5.74) is 5.47. The maximum absolute atomic E-state index is 12.4. The van der Waals surface area contributed by atoms with E-state index in [0.29, 0.717) is 12.7 Å². The first kappa shape index (κ1) is 16.2. The minimum Gasteiger partial charge on any atom is -0.492 e. The van der Waals surface area contributed by atoms with E-state index < -0.39 is 17.6 Å². The van der Waals surface area contributed by atoms with E-state index in [4.69, 9.17) is 10.5 Å². The number of ether oxygens (including phenoxy) is 1. The third kappa shape index (κ3) is 3.94. The second kappa shape index (κ2) is 6.74. The number of fused-ring (bicyclic) bond motifs is 1. The van der Waals surface area contributed by atoms with E-state index in [1.165, 1.54) is 6.07 Å². The molecule has 2 N–H and O–H groups in total. The Bertz CT molecular complexity index is 631. The first-order valence-corrected chi connectivity index (χ1v) is 6.54. The van der Waals surface area contributed by atoms with Crippen molar-refractivity contribution in [2.24, 2.45) is 5.73 Å². The molecule has 1 aliphatic heterocycles. The molecule has 0 saturated carbocycles. The summed E-state index contributed by atoms with van der Waals surface area (Å²) >= 11 is 0. The van der Waals surface area contributed by atoms with Crippen molar-refractivity contribution in [2.45, 2.75) is 18.6 Å². The molecular weight excluding hydrogens is 300 g/mol. The molecule has 0 spiro atoms. The van der Waals surface area contributed by atoms with Crippen molar-refractivity contribution >= 4 is 0 Å². The van der Waals surface area contributed by atoms with Crippen LogP contribution < -0.4 is 10.5 Å². The predicted molar refractivity (Wildman–Crippen MR) is 72.7 cm³/mol. The second-order valence-corrected chi connectivity index (χ2v) is 4.61. The van der Waals surface area contributed by atoms with Crippen LogP contribution in [0, 0.1) is 5.82 Å². The Kier molecular flexibility index (Phi) is 4.97. The van der Waals surface area contributed by atoms with Crippen molar-refractivity contribution in [1.29, 1.82) is 0 Å². The molecule has 1 aromatic heterocycles. The van der Waals surface area contributed by atoms with Crippen LogP contribution in [0.15, 0.2) is 42.6 Å². The predicted octanol–water partition coefficient (Wildman–Crippen LogP) is 3.71. The number of hydrogen-bond acceptors (Lipinski definition) is 3. The molecule has 3 rings (SSSR count). The van der Waals surface area contributed by atoms with Crippen molar-refractivity contribution in [2.75, 3.05) is 6.61 Å². The lowest BCUT2D eigenvalue weighted by Gasteiger charge is -2.20. The van der Waals surface area contributed by atoms with Crippen molar-refractivity contribution in [3.05, 3.63) is 59.7 Å². The molecule has 0 amide bonds. The number of pyridine rings is 1. The number of aromatic nitrogens is 1. The van der Waals surface area contributed by atoms with Crippen LogP contribution in [-0.2, 0) is 6.18 Å². The maximum atomic E-state index is 12.4. The van der Waals surface area contributed by atoms with Gasteiger partial charge < -0.3 is 10.5 Å². The topological polar surface area (TPSA) is 48.1 Å². The third-order valence-electron chi connectivity index (χ3n) is 3.02. The quantitative estimate of drug-likeness (QED) is 0.754. The lowest BCUT2D eigenvalue weighted by molar-refractivity contribution is -0.140. The largest absolute Gasteiger partial charge is 0.492 e. The van der Waals surface area contributed by atoms with Gasteiger partial charge in [-0.3, -0.25) is 4.98 Å². The average molecular weight is 314 g/mol. The van der Waals surface area contributed by atoms with Gasteiger partial charge in [-0.25, -0.2) is 4.39 Å². The molecule has 1 aromatic carbocycles. The molecule has 0 unspecified atom stereocenters. The van der Waals surface area contributed by atoms with E-state index in [9.17, 15) is 17.6 Å². The summed E-state index contributed by atoms with van der Waals surface area (Å²) in [7, 11) is 0. The molecule has 7 heteroatoms. The van der Waals surface area contributed by atoms with Gasteiger partial charge in [0.2, 0.25) is 0 Å². The maximum Gasteiger partial charge on any atom is 0.419 e. The molecule has 0 bridgehead atoms. The fourth-order valence-corrected chi connectivity index (χ4v) is 1.93. The fraction of sp³-hybridized carbons (Fsp3) is 0.267. The van der Waals surface area contributed by atoms with Crippen LogP contribution in [0.25, 0.3) is 0 Å². The molecule has 2 aromatic rings. The van der Waals surface area contributed by atoms with Crippen molar-refractivity contribution in [3.63, 3.8) is 0 Å². The van der Waals surface area contributed by atoms with E-state index in [1.807, 2.05) is 12.1 Å². The van der Waals surface area contributed by atoms with Crippen LogP contribution in [0.5, 0.6) is 5.75 Å². The van der Waals surface area contributed by atoms with Gasteiger partial charge in [0.1, 0.15) is 11.6 Å².